The summed E-state index contributed by atoms with van der Waals surface area (Å²) >= 11 is 4.54. The van der Waals surface area contributed by atoms with E-state index in [0.717, 1.165) is 24.2 Å². The van der Waals surface area contributed by atoms with Crippen LogP contribution in [0.5, 0.6) is 5.75 Å². The third-order valence-electron chi connectivity index (χ3n) is 6.41. The molecule has 0 heterocycles. The number of hydrogen-bond donors (Lipinski definition) is 3. The lowest BCUT2D eigenvalue weighted by Gasteiger charge is -2.38. The quantitative estimate of drug-likeness (QED) is 0.406. The number of carbonyl (C=O) groups excluding carboxylic acids is 2. The number of ether oxygens (including phenoxy) is 2. The van der Waals surface area contributed by atoms with Crippen molar-refractivity contribution in [1.29, 1.82) is 0 Å². The first-order chi connectivity index (χ1) is 16.5. The van der Waals surface area contributed by atoms with Crippen LogP contribution in [-0.4, -0.2) is 42.9 Å². The molecule has 1 aliphatic carbocycles. The van der Waals surface area contributed by atoms with Crippen molar-refractivity contribution >= 4 is 30.1 Å². The van der Waals surface area contributed by atoms with E-state index < -0.39 is 11.5 Å². The minimum atomic E-state index is -0.706. The van der Waals surface area contributed by atoms with Crippen molar-refractivity contribution < 1.29 is 19.1 Å². The number of benzene rings is 2. The van der Waals surface area contributed by atoms with Gasteiger partial charge in [0.1, 0.15) is 11.8 Å². The summed E-state index contributed by atoms with van der Waals surface area (Å²) in [6, 6.07) is 16.3. The van der Waals surface area contributed by atoms with Gasteiger partial charge in [-0.2, -0.15) is 12.6 Å². The van der Waals surface area contributed by atoms with Gasteiger partial charge in [-0.15, -0.1) is 0 Å². The molecule has 6 nitrogen and oxygen atoms in total. The highest BCUT2D eigenvalue weighted by atomic mass is 32.1. The maximum atomic E-state index is 13.5. The molecular weight excluding hydrogens is 448 g/mol. The van der Waals surface area contributed by atoms with Crippen LogP contribution < -0.4 is 15.4 Å². The van der Waals surface area contributed by atoms with Crippen molar-refractivity contribution in [1.82, 2.24) is 5.32 Å². The van der Waals surface area contributed by atoms with Crippen molar-refractivity contribution in [3.63, 3.8) is 0 Å². The van der Waals surface area contributed by atoms with Crippen LogP contribution in [0, 0.1) is 5.41 Å². The molecule has 34 heavy (non-hydrogen) atoms. The molecule has 7 heteroatoms. The molecule has 0 radical (unpaired) electrons. The number of anilines is 1. The minimum Gasteiger partial charge on any atom is -0.494 e. The molecule has 0 bridgehead atoms. The van der Waals surface area contributed by atoms with E-state index in [4.69, 9.17) is 9.47 Å². The van der Waals surface area contributed by atoms with Gasteiger partial charge in [-0.25, -0.2) is 0 Å². The summed E-state index contributed by atoms with van der Waals surface area (Å²) in [6.07, 6.45) is 3.64. The van der Waals surface area contributed by atoms with Crippen LogP contribution in [0.15, 0.2) is 54.6 Å². The average Bonchev–Trinajstić information content (AvgIpc) is 2.86. The van der Waals surface area contributed by atoms with Crippen molar-refractivity contribution in [2.75, 3.05) is 24.3 Å². The van der Waals surface area contributed by atoms with Gasteiger partial charge < -0.3 is 20.1 Å². The van der Waals surface area contributed by atoms with Crippen LogP contribution >= 0.6 is 12.6 Å². The zero-order valence-corrected chi connectivity index (χ0v) is 21.0. The van der Waals surface area contributed by atoms with Crippen molar-refractivity contribution in [2.45, 2.75) is 58.1 Å². The molecule has 0 aromatic heterocycles. The van der Waals surface area contributed by atoms with Crippen molar-refractivity contribution in [3.05, 3.63) is 60.2 Å². The van der Waals surface area contributed by atoms with Gasteiger partial charge in [0, 0.05) is 24.5 Å². The molecule has 2 N–H and O–H groups in total. The fraction of sp³-hybridized carbons (Fsp3) is 0.481. The van der Waals surface area contributed by atoms with E-state index in [-0.39, 0.29) is 17.9 Å². The van der Waals surface area contributed by atoms with E-state index in [1.54, 1.807) is 12.1 Å². The van der Waals surface area contributed by atoms with Gasteiger partial charge in [-0.1, -0.05) is 30.3 Å². The van der Waals surface area contributed by atoms with E-state index in [0.29, 0.717) is 43.9 Å². The highest BCUT2D eigenvalue weighted by Gasteiger charge is 2.42. The Bertz CT molecular complexity index is 912. The van der Waals surface area contributed by atoms with Crippen molar-refractivity contribution in [3.8, 4) is 5.75 Å². The van der Waals surface area contributed by atoms with Crippen LogP contribution in [0.2, 0.25) is 0 Å². The second-order valence-corrected chi connectivity index (χ2v) is 9.07. The molecule has 1 aliphatic rings. The summed E-state index contributed by atoms with van der Waals surface area (Å²) in [7, 11) is 0. The second-order valence-electron chi connectivity index (χ2n) is 8.76. The molecule has 1 fully saturated rings. The highest BCUT2D eigenvalue weighted by Crippen LogP contribution is 2.39. The van der Waals surface area contributed by atoms with E-state index in [1.165, 1.54) is 0 Å². The predicted octanol–water partition coefficient (Wildman–Crippen LogP) is 4.65. The van der Waals surface area contributed by atoms with E-state index in [2.05, 4.69) is 23.3 Å². The van der Waals surface area contributed by atoms with Gasteiger partial charge in [-0.05, 0) is 69.4 Å². The van der Waals surface area contributed by atoms with Gasteiger partial charge in [0.05, 0.1) is 18.1 Å². The largest absolute Gasteiger partial charge is 0.494 e. The van der Waals surface area contributed by atoms with Crippen LogP contribution in [0.3, 0.4) is 0 Å². The lowest BCUT2D eigenvalue weighted by molar-refractivity contribution is -0.136. The number of thiol groups is 1. The molecule has 0 saturated heterocycles. The Morgan fingerprint density at radius 1 is 1.03 bits per heavy atom. The molecule has 184 valence electrons. The smallest absolute Gasteiger partial charge is 0.247 e. The third-order valence-corrected chi connectivity index (χ3v) is 7.02. The lowest BCUT2D eigenvalue weighted by atomic mass is 9.73. The van der Waals surface area contributed by atoms with Crippen LogP contribution in [0.25, 0.3) is 0 Å². The fourth-order valence-corrected chi connectivity index (χ4v) is 4.86. The SMILES string of the molecule is CCOc1ccc(NC(=O)[C@H](Cc2ccccc2)NC(=O)C2(CS)CCC(OCC)CC2)cc1. The van der Waals surface area contributed by atoms with Crippen LogP contribution in [0.1, 0.15) is 45.1 Å². The summed E-state index contributed by atoms with van der Waals surface area (Å²) < 4.78 is 11.2. The van der Waals surface area contributed by atoms with E-state index in [9.17, 15) is 9.59 Å². The van der Waals surface area contributed by atoms with Crippen LogP contribution in [-0.2, 0) is 20.7 Å². The fourth-order valence-electron chi connectivity index (χ4n) is 4.40. The van der Waals surface area contributed by atoms with Gasteiger partial charge >= 0.3 is 0 Å². The van der Waals surface area contributed by atoms with Crippen molar-refractivity contribution in [2.24, 2.45) is 5.41 Å². The Labute approximate surface area is 208 Å². The summed E-state index contributed by atoms with van der Waals surface area (Å²) in [5, 5.41) is 6.01. The Morgan fingerprint density at radius 3 is 2.29 bits per heavy atom. The average molecular weight is 485 g/mol. The zero-order valence-electron chi connectivity index (χ0n) is 20.1. The van der Waals surface area contributed by atoms with Gasteiger partial charge in [0.15, 0.2) is 0 Å². The molecule has 2 aromatic carbocycles. The van der Waals surface area contributed by atoms with Gasteiger partial charge in [-0.3, -0.25) is 9.59 Å². The lowest BCUT2D eigenvalue weighted by Crippen LogP contribution is -2.53. The number of carbonyl (C=O) groups is 2. The topological polar surface area (TPSA) is 76.7 Å². The molecular formula is C27H36N2O4S. The predicted molar refractivity (Wildman–Crippen MR) is 138 cm³/mol. The molecule has 0 aliphatic heterocycles. The zero-order chi connectivity index (χ0) is 24.4. The second kappa shape index (κ2) is 12.8. The van der Waals surface area contributed by atoms with Gasteiger partial charge in [0.25, 0.3) is 0 Å². The minimum absolute atomic E-state index is 0.111. The standard InChI is InChI=1S/C27H36N2O4S/c1-3-32-22-12-10-21(11-13-22)28-25(30)24(18-20-8-6-5-7-9-20)29-26(31)27(19-34)16-14-23(15-17-27)33-4-2/h5-13,23-24,34H,3-4,14-19H2,1-2H3,(H,28,30)(H,29,31)/t23?,24-,27?/m0/s1. The summed E-state index contributed by atoms with van der Waals surface area (Å²) in [5.74, 6) is 0.822. The Kier molecular flexibility index (Phi) is 9.84. The summed E-state index contributed by atoms with van der Waals surface area (Å²) in [5.41, 5.74) is 1.04. The number of hydrogen-bond acceptors (Lipinski definition) is 5. The molecule has 0 spiro atoms. The number of nitrogens with one attached hydrogen (secondary N) is 2. The molecule has 2 amide bonds. The van der Waals surface area contributed by atoms with Gasteiger partial charge in [0.2, 0.25) is 11.8 Å². The van der Waals surface area contributed by atoms with E-state index >= 15 is 0 Å². The summed E-state index contributed by atoms with van der Waals surface area (Å²) in [4.78, 5) is 26.8. The highest BCUT2D eigenvalue weighted by molar-refractivity contribution is 7.80. The Morgan fingerprint density at radius 2 is 1.71 bits per heavy atom. The molecule has 2 aromatic rings. The molecule has 1 atom stereocenters. The first-order valence-corrected chi connectivity index (χ1v) is 12.7. The Balaban J connectivity index is 1.73. The van der Waals surface area contributed by atoms with Crippen LogP contribution in [0.4, 0.5) is 5.69 Å². The maximum Gasteiger partial charge on any atom is 0.247 e. The third kappa shape index (κ3) is 7.00. The first kappa shape index (κ1) is 26.1. The Hall–Kier alpha value is -2.51. The van der Waals surface area contributed by atoms with E-state index in [1.807, 2.05) is 56.3 Å². The molecule has 1 saturated carbocycles. The maximum absolute atomic E-state index is 13.5. The monoisotopic (exact) mass is 484 g/mol. The number of amides is 2. The normalized spacial score (nSPS) is 20.9. The summed E-state index contributed by atoms with van der Waals surface area (Å²) in [6.45, 7) is 5.17. The molecule has 3 rings (SSSR count). The molecule has 0 unspecified atom stereocenters. The first-order valence-electron chi connectivity index (χ1n) is 12.1. The number of rotatable bonds is 11.